The van der Waals surface area contributed by atoms with Crippen molar-refractivity contribution in [2.24, 2.45) is 5.73 Å². The van der Waals surface area contributed by atoms with E-state index in [1.54, 1.807) is 43.8 Å². The molecule has 114 valence electrons. The zero-order valence-corrected chi connectivity index (χ0v) is 13.1. The molecular weight excluding hydrogens is 290 g/mol. The van der Waals surface area contributed by atoms with E-state index in [0.717, 1.165) is 0 Å². The molecule has 0 radical (unpaired) electrons. The fraction of sp³-hybridized carbons (Fsp3) is 0.385. The third kappa shape index (κ3) is 3.06. The van der Waals surface area contributed by atoms with E-state index in [0.29, 0.717) is 35.9 Å². The van der Waals surface area contributed by atoms with Crippen LogP contribution >= 0.6 is 0 Å². The summed E-state index contributed by atoms with van der Waals surface area (Å²) in [6, 6.07) is 3.36. The molecule has 21 heavy (non-hydrogen) atoms. The molecule has 0 aliphatic heterocycles. The lowest BCUT2D eigenvalue weighted by Gasteiger charge is -2.10. The minimum atomic E-state index is -3.71. The molecule has 0 aliphatic carbocycles. The van der Waals surface area contributed by atoms with E-state index >= 15 is 0 Å². The molecule has 2 aromatic rings. The predicted octanol–water partition coefficient (Wildman–Crippen LogP) is 0.963. The molecular formula is C13H19N5O2S. The molecule has 0 saturated heterocycles. The second-order valence-corrected chi connectivity index (χ2v) is 6.37. The van der Waals surface area contributed by atoms with E-state index in [-0.39, 0.29) is 4.90 Å². The van der Waals surface area contributed by atoms with Crippen molar-refractivity contribution in [3.63, 3.8) is 0 Å². The monoisotopic (exact) mass is 309 g/mol. The Morgan fingerprint density at radius 2 is 2.00 bits per heavy atom. The standard InChI is InChI=1S/C13H19N5O2S/c1-9-12(5-4-7-15-9)17-21(19,20)13-10(2)16-18(8-6-14)11(13)3/h4-5,7,17H,6,8,14H2,1-3H3. The smallest absolute Gasteiger partial charge is 0.265 e. The van der Waals surface area contributed by atoms with Crippen molar-refractivity contribution < 1.29 is 8.42 Å². The minimum absolute atomic E-state index is 0.194. The number of anilines is 1. The second kappa shape index (κ2) is 5.82. The van der Waals surface area contributed by atoms with Crippen molar-refractivity contribution in [3.05, 3.63) is 35.4 Å². The zero-order chi connectivity index (χ0) is 15.6. The molecule has 0 atom stereocenters. The Morgan fingerprint density at radius 3 is 2.62 bits per heavy atom. The van der Waals surface area contributed by atoms with Gasteiger partial charge < -0.3 is 5.73 Å². The first-order valence-electron chi connectivity index (χ1n) is 6.55. The Hall–Kier alpha value is -1.93. The minimum Gasteiger partial charge on any atom is -0.329 e. The van der Waals surface area contributed by atoms with Crippen LogP contribution in [-0.4, -0.2) is 29.7 Å². The topological polar surface area (TPSA) is 103 Å². The normalized spacial score (nSPS) is 11.6. The van der Waals surface area contributed by atoms with Gasteiger partial charge in [-0.3, -0.25) is 14.4 Å². The molecule has 3 N–H and O–H groups in total. The summed E-state index contributed by atoms with van der Waals surface area (Å²) >= 11 is 0. The number of hydrogen-bond acceptors (Lipinski definition) is 5. The van der Waals surface area contributed by atoms with Crippen molar-refractivity contribution in [1.82, 2.24) is 14.8 Å². The molecule has 0 bridgehead atoms. The SMILES string of the molecule is Cc1ncccc1NS(=O)(=O)c1c(C)nn(CCN)c1C. The Labute approximate surface area is 124 Å². The van der Waals surface area contributed by atoms with Gasteiger partial charge in [0.05, 0.1) is 29.3 Å². The number of pyridine rings is 1. The van der Waals surface area contributed by atoms with Crippen molar-refractivity contribution in [1.29, 1.82) is 0 Å². The third-order valence-electron chi connectivity index (χ3n) is 3.18. The van der Waals surface area contributed by atoms with Gasteiger partial charge in [0.25, 0.3) is 10.0 Å². The molecule has 2 heterocycles. The van der Waals surface area contributed by atoms with Crippen LogP contribution in [0.1, 0.15) is 17.1 Å². The summed E-state index contributed by atoms with van der Waals surface area (Å²) in [5.74, 6) is 0. The average Bonchev–Trinajstić information content (AvgIpc) is 2.68. The third-order valence-corrected chi connectivity index (χ3v) is 4.79. The highest BCUT2D eigenvalue weighted by atomic mass is 32.2. The zero-order valence-electron chi connectivity index (χ0n) is 12.3. The van der Waals surface area contributed by atoms with Gasteiger partial charge in [-0.05, 0) is 32.9 Å². The second-order valence-electron chi connectivity index (χ2n) is 4.75. The summed E-state index contributed by atoms with van der Waals surface area (Å²) in [4.78, 5) is 4.27. The number of hydrogen-bond donors (Lipinski definition) is 2. The maximum atomic E-state index is 12.6. The lowest BCUT2D eigenvalue weighted by molar-refractivity contribution is 0.593. The molecule has 0 unspecified atom stereocenters. The fourth-order valence-electron chi connectivity index (χ4n) is 2.20. The summed E-state index contributed by atoms with van der Waals surface area (Å²) < 4.78 is 29.4. The Morgan fingerprint density at radius 1 is 1.29 bits per heavy atom. The molecule has 7 nitrogen and oxygen atoms in total. The summed E-state index contributed by atoms with van der Waals surface area (Å²) in [5, 5.41) is 4.23. The lowest BCUT2D eigenvalue weighted by Crippen LogP contribution is -2.17. The molecule has 0 amide bonds. The van der Waals surface area contributed by atoms with E-state index in [4.69, 9.17) is 5.73 Å². The fourth-order valence-corrected chi connectivity index (χ4v) is 3.73. The van der Waals surface area contributed by atoms with E-state index in [2.05, 4.69) is 14.8 Å². The molecule has 2 rings (SSSR count). The summed E-state index contributed by atoms with van der Waals surface area (Å²) in [7, 11) is -3.71. The van der Waals surface area contributed by atoms with Crippen molar-refractivity contribution in [3.8, 4) is 0 Å². The van der Waals surface area contributed by atoms with Gasteiger partial charge in [0.1, 0.15) is 4.90 Å². The largest absolute Gasteiger partial charge is 0.329 e. The van der Waals surface area contributed by atoms with Crippen molar-refractivity contribution in [2.75, 3.05) is 11.3 Å². The summed E-state index contributed by atoms with van der Waals surface area (Å²) in [6.07, 6.45) is 1.61. The van der Waals surface area contributed by atoms with Crippen LogP contribution in [0.15, 0.2) is 23.2 Å². The van der Waals surface area contributed by atoms with Gasteiger partial charge in [-0.15, -0.1) is 0 Å². The average molecular weight is 309 g/mol. The molecule has 2 aromatic heterocycles. The highest BCUT2D eigenvalue weighted by molar-refractivity contribution is 7.92. The molecule has 0 aliphatic rings. The number of nitrogens with zero attached hydrogens (tertiary/aromatic N) is 3. The molecule has 0 aromatic carbocycles. The quantitative estimate of drug-likeness (QED) is 0.856. The van der Waals surface area contributed by atoms with Crippen LogP contribution in [-0.2, 0) is 16.6 Å². The Kier molecular flexibility index (Phi) is 4.29. The molecule has 0 fully saturated rings. The van der Waals surface area contributed by atoms with E-state index < -0.39 is 10.0 Å². The van der Waals surface area contributed by atoms with Crippen LogP contribution in [0, 0.1) is 20.8 Å². The van der Waals surface area contributed by atoms with E-state index in [1.165, 1.54) is 0 Å². The first-order valence-corrected chi connectivity index (χ1v) is 8.03. The number of aromatic nitrogens is 3. The molecule has 8 heteroatoms. The van der Waals surface area contributed by atoms with Crippen LogP contribution in [0.3, 0.4) is 0 Å². The predicted molar refractivity (Wildman–Crippen MR) is 80.5 cm³/mol. The maximum Gasteiger partial charge on any atom is 0.265 e. The summed E-state index contributed by atoms with van der Waals surface area (Å²) in [5.41, 5.74) is 7.61. The van der Waals surface area contributed by atoms with E-state index in [9.17, 15) is 8.42 Å². The van der Waals surface area contributed by atoms with Crippen LogP contribution < -0.4 is 10.5 Å². The molecule has 0 saturated carbocycles. The van der Waals surface area contributed by atoms with Gasteiger partial charge in [-0.2, -0.15) is 5.10 Å². The van der Waals surface area contributed by atoms with Gasteiger partial charge in [0.15, 0.2) is 0 Å². The molecule has 0 spiro atoms. The highest BCUT2D eigenvalue weighted by Gasteiger charge is 2.25. The Bertz CT molecular complexity index is 752. The van der Waals surface area contributed by atoms with E-state index in [1.807, 2.05) is 0 Å². The van der Waals surface area contributed by atoms with Gasteiger partial charge in [-0.25, -0.2) is 8.42 Å². The lowest BCUT2D eigenvalue weighted by atomic mass is 10.3. The maximum absolute atomic E-state index is 12.6. The van der Waals surface area contributed by atoms with Crippen molar-refractivity contribution in [2.45, 2.75) is 32.2 Å². The van der Waals surface area contributed by atoms with Crippen LogP contribution in [0.4, 0.5) is 5.69 Å². The Balaban J connectivity index is 2.43. The van der Waals surface area contributed by atoms with Gasteiger partial charge in [0.2, 0.25) is 0 Å². The summed E-state index contributed by atoms with van der Waals surface area (Å²) in [6.45, 7) is 6.02. The van der Waals surface area contributed by atoms with Crippen LogP contribution in [0.25, 0.3) is 0 Å². The number of sulfonamides is 1. The van der Waals surface area contributed by atoms with Gasteiger partial charge in [-0.1, -0.05) is 0 Å². The first-order chi connectivity index (χ1) is 9.86. The van der Waals surface area contributed by atoms with Crippen LogP contribution in [0.2, 0.25) is 0 Å². The number of rotatable bonds is 5. The number of nitrogens with one attached hydrogen (secondary N) is 1. The highest BCUT2D eigenvalue weighted by Crippen LogP contribution is 2.23. The van der Waals surface area contributed by atoms with Crippen LogP contribution in [0.5, 0.6) is 0 Å². The van der Waals surface area contributed by atoms with Gasteiger partial charge in [0, 0.05) is 12.7 Å². The van der Waals surface area contributed by atoms with Crippen molar-refractivity contribution >= 4 is 15.7 Å². The number of aryl methyl sites for hydroxylation is 2. The first kappa shape index (κ1) is 15.5. The van der Waals surface area contributed by atoms with Gasteiger partial charge >= 0.3 is 0 Å². The number of nitrogens with two attached hydrogens (primary N) is 1.